The molecule has 0 bridgehead atoms. The fraction of sp³-hybridized carbons (Fsp3) is 0. The van der Waals surface area contributed by atoms with Crippen LogP contribution in [-0.2, 0) is 0 Å². The van der Waals surface area contributed by atoms with Crippen LogP contribution in [0.1, 0.15) is 0 Å². The molecule has 0 N–H and O–H groups in total. The summed E-state index contributed by atoms with van der Waals surface area (Å²) in [4.78, 5) is 2.30. The average molecular weight is 425 g/mol. The highest BCUT2D eigenvalue weighted by Crippen LogP contribution is 2.46. The molecule has 156 valence electrons. The molecule has 0 spiro atoms. The summed E-state index contributed by atoms with van der Waals surface area (Å²) in [7, 11) is 0. The monoisotopic (exact) mass is 424 g/mol. The molecular formula is C30H20N2O. The van der Waals surface area contributed by atoms with Crippen LogP contribution >= 0.6 is 0 Å². The van der Waals surface area contributed by atoms with E-state index in [9.17, 15) is 0 Å². The second-order valence-corrected chi connectivity index (χ2v) is 8.27. The van der Waals surface area contributed by atoms with Crippen molar-refractivity contribution < 1.29 is 4.74 Å². The van der Waals surface area contributed by atoms with Gasteiger partial charge in [0.1, 0.15) is 0 Å². The van der Waals surface area contributed by atoms with Gasteiger partial charge in [-0.3, -0.25) is 0 Å². The smallest absolute Gasteiger partial charge is 0.152 e. The van der Waals surface area contributed by atoms with Gasteiger partial charge in [0.15, 0.2) is 11.5 Å². The molecule has 0 radical (unpaired) electrons. The zero-order valence-corrected chi connectivity index (χ0v) is 17.8. The van der Waals surface area contributed by atoms with E-state index >= 15 is 0 Å². The van der Waals surface area contributed by atoms with E-state index in [4.69, 9.17) is 4.74 Å². The van der Waals surface area contributed by atoms with Crippen LogP contribution in [0.5, 0.6) is 11.5 Å². The highest BCUT2D eigenvalue weighted by Gasteiger charge is 2.24. The van der Waals surface area contributed by atoms with Gasteiger partial charge in [-0.25, -0.2) is 0 Å². The first-order valence-electron chi connectivity index (χ1n) is 11.1. The van der Waals surface area contributed by atoms with Crippen LogP contribution in [0.25, 0.3) is 27.5 Å². The number of ether oxygens (including phenoxy) is 1. The van der Waals surface area contributed by atoms with Gasteiger partial charge in [0, 0.05) is 27.8 Å². The van der Waals surface area contributed by atoms with Gasteiger partial charge in [-0.05, 0) is 60.7 Å². The van der Waals surface area contributed by atoms with E-state index in [-0.39, 0.29) is 0 Å². The molecule has 1 aliphatic heterocycles. The summed E-state index contributed by atoms with van der Waals surface area (Å²) in [6.45, 7) is 0. The molecule has 3 nitrogen and oxygen atoms in total. The lowest BCUT2D eigenvalue weighted by atomic mass is 10.1. The van der Waals surface area contributed by atoms with Crippen LogP contribution in [0.2, 0.25) is 0 Å². The molecule has 0 fully saturated rings. The van der Waals surface area contributed by atoms with Gasteiger partial charge in [-0.15, -0.1) is 0 Å². The Hall–Kier alpha value is -4.50. The Morgan fingerprint density at radius 1 is 0.515 bits per heavy atom. The first-order valence-corrected chi connectivity index (χ1v) is 11.1. The Morgan fingerprint density at radius 3 is 1.94 bits per heavy atom. The lowest BCUT2D eigenvalue weighted by Gasteiger charge is -2.25. The SMILES string of the molecule is c1ccc(N(c2ccccc2)c2ccc3c(c2)c2cccc4c2n3-c2ccccc2O4)cc1. The van der Waals surface area contributed by atoms with Crippen LogP contribution in [-0.4, -0.2) is 4.57 Å². The number of benzene rings is 5. The third kappa shape index (κ3) is 2.69. The number of anilines is 3. The molecule has 1 aliphatic rings. The maximum absolute atomic E-state index is 6.26. The van der Waals surface area contributed by atoms with Crippen LogP contribution < -0.4 is 9.64 Å². The second-order valence-electron chi connectivity index (χ2n) is 8.27. The van der Waals surface area contributed by atoms with Crippen LogP contribution in [0.4, 0.5) is 17.1 Å². The molecule has 1 aromatic heterocycles. The van der Waals surface area contributed by atoms with E-state index in [0.717, 1.165) is 39.8 Å². The average Bonchev–Trinajstić information content (AvgIpc) is 3.21. The molecule has 0 saturated heterocycles. The molecule has 0 unspecified atom stereocenters. The van der Waals surface area contributed by atoms with E-state index in [0.29, 0.717) is 0 Å². The fourth-order valence-corrected chi connectivity index (χ4v) is 4.95. The zero-order valence-electron chi connectivity index (χ0n) is 17.8. The molecule has 3 heteroatoms. The molecule has 0 saturated carbocycles. The highest BCUT2D eigenvalue weighted by molar-refractivity contribution is 6.13. The van der Waals surface area contributed by atoms with Crippen molar-refractivity contribution in [2.24, 2.45) is 0 Å². The summed E-state index contributed by atoms with van der Waals surface area (Å²) in [5.41, 5.74) is 6.76. The predicted octanol–water partition coefficient (Wildman–Crippen LogP) is 8.36. The van der Waals surface area contributed by atoms with Gasteiger partial charge in [-0.1, -0.05) is 60.7 Å². The van der Waals surface area contributed by atoms with Crippen molar-refractivity contribution in [1.82, 2.24) is 4.57 Å². The number of rotatable bonds is 3. The lowest BCUT2D eigenvalue weighted by Crippen LogP contribution is -2.09. The number of para-hydroxylation sites is 5. The molecule has 7 rings (SSSR count). The molecule has 0 amide bonds. The number of hydrogen-bond donors (Lipinski definition) is 0. The number of fused-ring (bicyclic) bond motifs is 5. The van der Waals surface area contributed by atoms with Crippen molar-refractivity contribution in [3.8, 4) is 17.2 Å². The predicted molar refractivity (Wildman–Crippen MR) is 136 cm³/mol. The van der Waals surface area contributed by atoms with Crippen molar-refractivity contribution in [2.75, 3.05) is 4.90 Å². The number of hydrogen-bond acceptors (Lipinski definition) is 2. The van der Waals surface area contributed by atoms with Crippen LogP contribution in [0.15, 0.2) is 121 Å². The van der Waals surface area contributed by atoms with Crippen molar-refractivity contribution in [1.29, 1.82) is 0 Å². The molecule has 0 aliphatic carbocycles. The van der Waals surface area contributed by atoms with Crippen LogP contribution in [0.3, 0.4) is 0 Å². The standard InChI is InChI=1S/C30H20N2O/c1-3-10-21(11-4-1)31(22-12-5-2-6-13-22)23-18-19-26-25(20-23)24-14-9-17-29-30(24)32(26)27-15-7-8-16-28(27)33-29/h1-20H. The molecule has 2 heterocycles. The van der Waals surface area contributed by atoms with Gasteiger partial charge in [-0.2, -0.15) is 0 Å². The van der Waals surface area contributed by atoms with Crippen LogP contribution in [0, 0.1) is 0 Å². The molecular weight excluding hydrogens is 404 g/mol. The third-order valence-corrected chi connectivity index (χ3v) is 6.35. The van der Waals surface area contributed by atoms with Gasteiger partial charge in [0.25, 0.3) is 0 Å². The fourth-order valence-electron chi connectivity index (χ4n) is 4.95. The summed E-state index contributed by atoms with van der Waals surface area (Å²) in [5, 5.41) is 2.40. The Balaban J connectivity index is 1.52. The normalized spacial score (nSPS) is 11.9. The van der Waals surface area contributed by atoms with Gasteiger partial charge >= 0.3 is 0 Å². The zero-order chi connectivity index (χ0) is 21.8. The minimum atomic E-state index is 0.884. The Kier molecular flexibility index (Phi) is 3.84. The molecule has 6 aromatic rings. The largest absolute Gasteiger partial charge is 0.453 e. The Labute approximate surface area is 191 Å². The maximum atomic E-state index is 6.26. The highest BCUT2D eigenvalue weighted by atomic mass is 16.5. The minimum Gasteiger partial charge on any atom is -0.453 e. The van der Waals surface area contributed by atoms with E-state index in [1.807, 2.05) is 12.1 Å². The minimum absolute atomic E-state index is 0.884. The summed E-state index contributed by atoms with van der Waals surface area (Å²) in [5.74, 6) is 1.78. The molecule has 0 atom stereocenters. The maximum Gasteiger partial charge on any atom is 0.152 e. The number of aromatic nitrogens is 1. The summed E-state index contributed by atoms with van der Waals surface area (Å²) in [6.07, 6.45) is 0. The van der Waals surface area contributed by atoms with Gasteiger partial charge in [0.2, 0.25) is 0 Å². The number of nitrogens with zero attached hydrogens (tertiary/aromatic N) is 2. The summed E-state index contributed by atoms with van der Waals surface area (Å²) in [6, 6.07) is 42.3. The topological polar surface area (TPSA) is 17.4 Å². The first kappa shape index (κ1) is 18.1. The molecule has 33 heavy (non-hydrogen) atoms. The van der Waals surface area contributed by atoms with E-state index < -0.39 is 0 Å². The van der Waals surface area contributed by atoms with Crippen molar-refractivity contribution in [3.63, 3.8) is 0 Å². The first-order chi connectivity index (χ1) is 16.4. The van der Waals surface area contributed by atoms with Gasteiger partial charge < -0.3 is 14.2 Å². The quantitative estimate of drug-likeness (QED) is 0.283. The van der Waals surface area contributed by atoms with E-state index in [1.165, 1.54) is 16.3 Å². The van der Waals surface area contributed by atoms with Crippen molar-refractivity contribution in [2.45, 2.75) is 0 Å². The third-order valence-electron chi connectivity index (χ3n) is 6.35. The summed E-state index contributed by atoms with van der Waals surface area (Å²) >= 11 is 0. The second kappa shape index (κ2) is 7.01. The Bertz CT molecular complexity index is 1600. The van der Waals surface area contributed by atoms with E-state index in [2.05, 4.69) is 119 Å². The van der Waals surface area contributed by atoms with Gasteiger partial charge in [0.05, 0.1) is 16.7 Å². The summed E-state index contributed by atoms with van der Waals surface area (Å²) < 4.78 is 8.60. The lowest BCUT2D eigenvalue weighted by molar-refractivity contribution is 0.476. The van der Waals surface area contributed by atoms with Crippen molar-refractivity contribution in [3.05, 3.63) is 121 Å². The van der Waals surface area contributed by atoms with Crippen molar-refractivity contribution >= 4 is 38.9 Å². The Morgan fingerprint density at radius 2 is 1.18 bits per heavy atom. The van der Waals surface area contributed by atoms with E-state index in [1.54, 1.807) is 0 Å². The molecule has 5 aromatic carbocycles.